The summed E-state index contributed by atoms with van der Waals surface area (Å²) in [4.78, 5) is 26.2. The van der Waals surface area contributed by atoms with Crippen LogP contribution in [-0.4, -0.2) is 41.9 Å². The monoisotopic (exact) mass is 501 g/mol. The zero-order valence-electron chi connectivity index (χ0n) is 22.2. The summed E-state index contributed by atoms with van der Waals surface area (Å²) in [5.41, 5.74) is 4.85. The Kier molecular flexibility index (Phi) is 8.52. The van der Waals surface area contributed by atoms with Gasteiger partial charge >= 0.3 is 0 Å². The first-order valence-electron chi connectivity index (χ1n) is 13.0. The highest BCUT2D eigenvalue weighted by Gasteiger charge is 2.47. The number of allylic oxidation sites excluding steroid dienone is 3. The number of para-hydroxylation sites is 1. The van der Waals surface area contributed by atoms with E-state index >= 15 is 0 Å². The van der Waals surface area contributed by atoms with E-state index in [1.165, 1.54) is 5.56 Å². The van der Waals surface area contributed by atoms with Crippen LogP contribution in [0.2, 0.25) is 0 Å². The third kappa shape index (κ3) is 5.65. The average Bonchev–Trinajstić information content (AvgIpc) is 3.51. The lowest BCUT2D eigenvalue weighted by Gasteiger charge is -2.17. The number of rotatable bonds is 10. The van der Waals surface area contributed by atoms with E-state index in [4.69, 9.17) is 9.47 Å². The lowest BCUT2D eigenvalue weighted by Crippen LogP contribution is -2.32. The van der Waals surface area contributed by atoms with Gasteiger partial charge in [-0.3, -0.25) is 14.5 Å². The van der Waals surface area contributed by atoms with Crippen molar-refractivity contribution in [3.05, 3.63) is 84.1 Å². The molecule has 2 atom stereocenters. The molecule has 2 unspecified atom stereocenters. The summed E-state index contributed by atoms with van der Waals surface area (Å²) in [6.45, 7) is 8.94. The Labute approximate surface area is 219 Å². The van der Waals surface area contributed by atoms with Gasteiger partial charge in [0.05, 0.1) is 12.0 Å². The molecule has 1 fully saturated rings. The normalized spacial score (nSPS) is 19.5. The maximum Gasteiger partial charge on any atom is 0.227 e. The molecule has 4 rings (SSSR count). The summed E-state index contributed by atoms with van der Waals surface area (Å²) in [5, 5.41) is 0. The van der Waals surface area contributed by atoms with Crippen molar-refractivity contribution in [2.45, 2.75) is 64.5 Å². The fourth-order valence-corrected chi connectivity index (χ4v) is 5.12. The highest BCUT2D eigenvalue weighted by atomic mass is 16.7. The zero-order valence-corrected chi connectivity index (χ0v) is 22.2. The minimum absolute atomic E-state index is 0.0649. The molecule has 194 valence electrons. The molecule has 2 heterocycles. The molecule has 2 aliphatic rings. The summed E-state index contributed by atoms with van der Waals surface area (Å²) >= 11 is 0. The Bertz CT molecular complexity index is 1210. The Morgan fingerprint density at radius 3 is 2.62 bits per heavy atom. The molecule has 1 saturated heterocycles. The number of aldehydes is 1. The van der Waals surface area contributed by atoms with Gasteiger partial charge in [0.15, 0.2) is 12.0 Å². The molecule has 0 bridgehead atoms. The van der Waals surface area contributed by atoms with Gasteiger partial charge in [-0.25, -0.2) is 0 Å². The van der Waals surface area contributed by atoms with Crippen molar-refractivity contribution in [2.24, 2.45) is 0 Å². The topological polar surface area (TPSA) is 58.9 Å². The van der Waals surface area contributed by atoms with Gasteiger partial charge in [0.25, 0.3) is 0 Å². The second kappa shape index (κ2) is 11.8. The van der Waals surface area contributed by atoms with E-state index in [0.717, 1.165) is 48.2 Å². The largest absolute Gasteiger partial charge is 0.352 e. The van der Waals surface area contributed by atoms with Gasteiger partial charge in [0, 0.05) is 42.9 Å². The number of amides is 1. The minimum atomic E-state index is -0.331. The molecule has 0 spiro atoms. The number of carbonyl (C=O) groups is 2. The average molecular weight is 502 g/mol. The van der Waals surface area contributed by atoms with Gasteiger partial charge in [-0.15, -0.1) is 0 Å². The number of unbranched alkanes of at least 4 members (excludes halogenated alkanes) is 1. The summed E-state index contributed by atoms with van der Waals surface area (Å²) in [5.74, 6) is -0.0649. The molecule has 0 N–H and O–H groups in total. The van der Waals surface area contributed by atoms with Gasteiger partial charge in [-0.2, -0.15) is 4.58 Å². The van der Waals surface area contributed by atoms with Crippen LogP contribution in [0.5, 0.6) is 0 Å². The Balaban J connectivity index is 1.71. The van der Waals surface area contributed by atoms with Gasteiger partial charge in [-0.05, 0) is 56.2 Å². The number of ether oxygens (including phenoxy) is 2. The van der Waals surface area contributed by atoms with Crippen molar-refractivity contribution in [1.82, 2.24) is 0 Å². The van der Waals surface area contributed by atoms with Crippen LogP contribution in [0.4, 0.5) is 11.4 Å². The van der Waals surface area contributed by atoms with E-state index in [1.807, 2.05) is 42.5 Å². The van der Waals surface area contributed by atoms with Crippen LogP contribution >= 0.6 is 0 Å². The molecule has 0 radical (unpaired) electrons. The highest BCUT2D eigenvalue weighted by Crippen LogP contribution is 2.43. The second-order valence-electron chi connectivity index (χ2n) is 10.1. The first-order chi connectivity index (χ1) is 17.9. The summed E-state index contributed by atoms with van der Waals surface area (Å²) < 4.78 is 13.4. The third-order valence-corrected chi connectivity index (χ3v) is 7.16. The predicted octanol–water partition coefficient (Wildman–Crippen LogP) is 5.99. The number of nitrogens with zero attached hydrogens (tertiary/aromatic N) is 2. The predicted molar refractivity (Wildman–Crippen MR) is 146 cm³/mol. The maximum absolute atomic E-state index is 12.3. The quantitative estimate of drug-likeness (QED) is 0.228. The van der Waals surface area contributed by atoms with Crippen molar-refractivity contribution in [1.29, 1.82) is 0 Å². The molecular formula is C31H37N2O4+. The molecule has 6 nitrogen and oxygen atoms in total. The minimum Gasteiger partial charge on any atom is -0.352 e. The summed E-state index contributed by atoms with van der Waals surface area (Å²) in [6, 6.07) is 15.7. The first kappa shape index (κ1) is 26.7. The molecule has 37 heavy (non-hydrogen) atoms. The Hall–Kier alpha value is -3.35. The first-order valence-corrected chi connectivity index (χ1v) is 13.0. The van der Waals surface area contributed by atoms with Crippen LogP contribution in [-0.2, 0) is 24.5 Å². The van der Waals surface area contributed by atoms with Crippen molar-refractivity contribution in [3.63, 3.8) is 0 Å². The van der Waals surface area contributed by atoms with Crippen LogP contribution in [0.3, 0.4) is 0 Å². The molecule has 0 saturated carbocycles. The van der Waals surface area contributed by atoms with Crippen LogP contribution < -0.4 is 4.90 Å². The standard InChI is InChI=1S/C31H37N2O4/c1-5-6-12-26(20-34)33-28-17-16-24(29-21-36-22-37-29)19-27(28)31(3,4)30(33)15-10-11-18-32(23(2)35)25-13-8-7-9-14-25/h7-11,13-20,26,29H,5-6,12,21-22H2,1-4H3/q+1. The molecule has 0 aromatic heterocycles. The van der Waals surface area contributed by atoms with E-state index in [9.17, 15) is 9.59 Å². The van der Waals surface area contributed by atoms with E-state index in [0.29, 0.717) is 13.4 Å². The van der Waals surface area contributed by atoms with Gasteiger partial charge < -0.3 is 9.47 Å². The van der Waals surface area contributed by atoms with E-state index in [2.05, 4.69) is 49.6 Å². The SMILES string of the molecule is CCCCC(C=O)[N+]1=C(/C=C/C=C/N(C(C)=O)c2ccccc2)C(C)(C)c2cc(C3COCO3)ccc21. The summed E-state index contributed by atoms with van der Waals surface area (Å²) in [6.07, 6.45) is 11.4. The lowest BCUT2D eigenvalue weighted by molar-refractivity contribution is -0.466. The molecule has 2 aromatic carbocycles. The van der Waals surface area contributed by atoms with Crippen LogP contribution in [0, 0.1) is 0 Å². The number of benzene rings is 2. The van der Waals surface area contributed by atoms with Crippen LogP contribution in [0.15, 0.2) is 73.0 Å². The van der Waals surface area contributed by atoms with Gasteiger partial charge in [-0.1, -0.05) is 37.6 Å². The highest BCUT2D eigenvalue weighted by molar-refractivity contribution is 6.03. The van der Waals surface area contributed by atoms with E-state index in [-0.39, 0.29) is 23.5 Å². The molecular weight excluding hydrogens is 464 g/mol. The van der Waals surface area contributed by atoms with Crippen molar-refractivity contribution >= 4 is 29.3 Å². The van der Waals surface area contributed by atoms with E-state index in [1.54, 1.807) is 18.0 Å². The van der Waals surface area contributed by atoms with Crippen molar-refractivity contribution < 1.29 is 23.6 Å². The molecule has 6 heteroatoms. The van der Waals surface area contributed by atoms with Gasteiger partial charge in [0.2, 0.25) is 17.6 Å². The fraction of sp³-hybridized carbons (Fsp3) is 0.387. The molecule has 2 aromatic rings. The number of fused-ring (bicyclic) bond motifs is 1. The summed E-state index contributed by atoms with van der Waals surface area (Å²) in [7, 11) is 0. The van der Waals surface area contributed by atoms with Crippen LogP contribution in [0.25, 0.3) is 0 Å². The molecule has 2 aliphatic heterocycles. The Morgan fingerprint density at radius 2 is 1.97 bits per heavy atom. The maximum atomic E-state index is 12.3. The molecule has 0 aliphatic carbocycles. The molecule has 1 amide bonds. The fourth-order valence-electron chi connectivity index (χ4n) is 5.12. The number of hydrogen-bond donors (Lipinski definition) is 0. The third-order valence-electron chi connectivity index (χ3n) is 7.16. The van der Waals surface area contributed by atoms with Crippen molar-refractivity contribution in [3.8, 4) is 0 Å². The van der Waals surface area contributed by atoms with Crippen molar-refractivity contribution in [2.75, 3.05) is 18.3 Å². The second-order valence-corrected chi connectivity index (χ2v) is 10.1. The zero-order chi connectivity index (χ0) is 26.4. The smallest absolute Gasteiger partial charge is 0.227 e. The van der Waals surface area contributed by atoms with Crippen LogP contribution in [0.1, 0.15) is 64.2 Å². The lowest BCUT2D eigenvalue weighted by atomic mass is 9.80. The van der Waals surface area contributed by atoms with Gasteiger partial charge in [0.1, 0.15) is 12.9 Å². The van der Waals surface area contributed by atoms with E-state index < -0.39 is 0 Å². The number of hydrogen-bond acceptors (Lipinski definition) is 4. The number of carbonyl (C=O) groups excluding carboxylic acids is 2. The Morgan fingerprint density at radius 1 is 1.19 bits per heavy atom. The number of anilines is 1.